The van der Waals surface area contributed by atoms with Crippen LogP contribution in [0.1, 0.15) is 12.8 Å². The van der Waals surface area contributed by atoms with Crippen molar-refractivity contribution in [3.63, 3.8) is 0 Å². The number of hydrogen-bond donors (Lipinski definition) is 1. The third-order valence-corrected chi connectivity index (χ3v) is 3.84. The second-order valence-electron chi connectivity index (χ2n) is 2.94. The minimum absolute atomic E-state index is 0.0925. The van der Waals surface area contributed by atoms with Crippen molar-refractivity contribution >= 4 is 32.5 Å². The van der Waals surface area contributed by atoms with Gasteiger partial charge in [-0.2, -0.15) is 0 Å². The summed E-state index contributed by atoms with van der Waals surface area (Å²) in [5.41, 5.74) is 0. The molecule has 0 saturated heterocycles. The Morgan fingerprint density at radius 1 is 1.62 bits per heavy atom. The highest BCUT2D eigenvalue weighted by Crippen LogP contribution is 2.13. The van der Waals surface area contributed by atoms with Gasteiger partial charge in [0, 0.05) is 18.0 Å². The number of carbonyl (C=O) groups excluding carboxylic acids is 1. The van der Waals surface area contributed by atoms with Crippen LogP contribution in [-0.2, 0) is 19.6 Å². The summed E-state index contributed by atoms with van der Waals surface area (Å²) >= 11 is 1.20. The van der Waals surface area contributed by atoms with Crippen molar-refractivity contribution in [1.29, 1.82) is 0 Å². The van der Waals surface area contributed by atoms with Gasteiger partial charge in [-0.3, -0.25) is 9.52 Å². The Morgan fingerprint density at radius 2 is 2.38 bits per heavy atom. The molecule has 1 heterocycles. The first kappa shape index (κ1) is 12.9. The van der Waals surface area contributed by atoms with Crippen LogP contribution < -0.4 is 4.72 Å². The fourth-order valence-corrected chi connectivity index (χ4v) is 2.86. The smallest absolute Gasteiger partial charge is 0.305 e. The summed E-state index contributed by atoms with van der Waals surface area (Å²) in [6.45, 7) is 0. The molecule has 0 radical (unpaired) electrons. The molecule has 1 aromatic heterocycles. The predicted molar refractivity (Wildman–Crippen MR) is 60.8 cm³/mol. The molecule has 0 atom stereocenters. The molecule has 0 aliphatic heterocycles. The lowest BCUT2D eigenvalue weighted by Gasteiger charge is -2.04. The molecule has 8 heteroatoms. The number of methoxy groups -OCH3 is 1. The topological polar surface area (TPSA) is 85.4 Å². The first-order valence-electron chi connectivity index (χ1n) is 4.50. The molecule has 0 aliphatic carbocycles. The van der Waals surface area contributed by atoms with Gasteiger partial charge < -0.3 is 4.74 Å². The van der Waals surface area contributed by atoms with E-state index in [0.717, 1.165) is 0 Å². The number of nitrogens with one attached hydrogen (secondary N) is 1. The average molecular weight is 264 g/mol. The number of rotatable bonds is 6. The number of aromatic nitrogens is 1. The maximum atomic E-state index is 11.5. The van der Waals surface area contributed by atoms with E-state index in [1.165, 1.54) is 24.6 Å². The van der Waals surface area contributed by atoms with Gasteiger partial charge in [-0.05, 0) is 6.42 Å². The van der Waals surface area contributed by atoms with Gasteiger partial charge >= 0.3 is 5.97 Å². The van der Waals surface area contributed by atoms with Crippen LogP contribution in [0.3, 0.4) is 0 Å². The third-order valence-electron chi connectivity index (χ3n) is 1.70. The van der Waals surface area contributed by atoms with Crippen LogP contribution in [0, 0.1) is 0 Å². The fraction of sp³-hybridized carbons (Fsp3) is 0.500. The standard InChI is InChI=1S/C8H12N2O4S2/c1-14-7(11)3-2-6-16(12,13)10-8-9-4-5-15-8/h4-5H,2-3,6H2,1H3,(H,9,10). The Morgan fingerprint density at radius 3 is 2.94 bits per heavy atom. The molecular formula is C8H12N2O4S2. The molecule has 0 fully saturated rings. The lowest BCUT2D eigenvalue weighted by Crippen LogP contribution is -2.17. The van der Waals surface area contributed by atoms with Gasteiger partial charge in [0.2, 0.25) is 10.0 Å². The maximum Gasteiger partial charge on any atom is 0.305 e. The van der Waals surface area contributed by atoms with Crippen molar-refractivity contribution in [1.82, 2.24) is 4.98 Å². The van der Waals surface area contributed by atoms with E-state index in [9.17, 15) is 13.2 Å². The molecule has 0 aromatic carbocycles. The second kappa shape index (κ2) is 5.80. The average Bonchev–Trinajstić information content (AvgIpc) is 2.69. The number of anilines is 1. The number of thiazole rings is 1. The molecular weight excluding hydrogens is 252 g/mol. The molecule has 0 amide bonds. The number of ether oxygens (including phenoxy) is 1. The lowest BCUT2D eigenvalue weighted by atomic mass is 10.3. The molecule has 16 heavy (non-hydrogen) atoms. The molecule has 0 saturated carbocycles. The van der Waals surface area contributed by atoms with Gasteiger partial charge in [-0.1, -0.05) is 0 Å². The summed E-state index contributed by atoms with van der Waals surface area (Å²) in [5, 5.41) is 2.00. The highest BCUT2D eigenvalue weighted by atomic mass is 32.2. The quantitative estimate of drug-likeness (QED) is 0.769. The molecule has 0 unspecified atom stereocenters. The second-order valence-corrected chi connectivity index (χ2v) is 5.67. The number of carbonyl (C=O) groups is 1. The van der Waals surface area contributed by atoms with Crippen LogP contribution in [0.25, 0.3) is 0 Å². The third kappa shape index (κ3) is 4.58. The lowest BCUT2D eigenvalue weighted by molar-refractivity contribution is -0.140. The zero-order valence-corrected chi connectivity index (χ0v) is 10.3. The summed E-state index contributed by atoms with van der Waals surface area (Å²) in [6.07, 6.45) is 1.83. The Hall–Kier alpha value is -1.15. The van der Waals surface area contributed by atoms with Crippen LogP contribution in [-0.4, -0.2) is 32.2 Å². The van der Waals surface area contributed by atoms with Crippen LogP contribution in [0.5, 0.6) is 0 Å². The molecule has 1 aromatic rings. The molecule has 0 spiro atoms. The largest absolute Gasteiger partial charge is 0.469 e. The SMILES string of the molecule is COC(=O)CCCS(=O)(=O)Nc1nccs1. The summed E-state index contributed by atoms with van der Waals surface area (Å²) in [5.74, 6) is -0.536. The van der Waals surface area contributed by atoms with Crippen molar-refractivity contribution in [3.8, 4) is 0 Å². The first-order chi connectivity index (χ1) is 7.53. The number of sulfonamides is 1. The normalized spacial score (nSPS) is 11.1. The van der Waals surface area contributed by atoms with E-state index in [1.54, 1.807) is 5.38 Å². The predicted octanol–water partition coefficient (Wildman–Crippen LogP) is 0.838. The van der Waals surface area contributed by atoms with Crippen molar-refractivity contribution in [2.24, 2.45) is 0 Å². The van der Waals surface area contributed by atoms with Gasteiger partial charge in [0.05, 0.1) is 12.9 Å². The number of esters is 1. The summed E-state index contributed by atoms with van der Waals surface area (Å²) < 4.78 is 29.7. The Kier molecular flexibility index (Phi) is 4.69. The minimum atomic E-state index is -3.42. The highest BCUT2D eigenvalue weighted by molar-refractivity contribution is 7.92. The number of hydrogen-bond acceptors (Lipinski definition) is 6. The van der Waals surface area contributed by atoms with Crippen molar-refractivity contribution in [2.45, 2.75) is 12.8 Å². The van der Waals surface area contributed by atoms with E-state index in [1.807, 2.05) is 0 Å². The van der Waals surface area contributed by atoms with Crippen LogP contribution >= 0.6 is 11.3 Å². The van der Waals surface area contributed by atoms with Crippen molar-refractivity contribution in [3.05, 3.63) is 11.6 Å². The van der Waals surface area contributed by atoms with E-state index in [2.05, 4.69) is 14.4 Å². The Balaban J connectivity index is 2.38. The van der Waals surface area contributed by atoms with Crippen LogP contribution in [0.2, 0.25) is 0 Å². The molecule has 0 bridgehead atoms. The summed E-state index contributed by atoms with van der Waals surface area (Å²) in [7, 11) is -2.15. The number of nitrogens with zero attached hydrogens (tertiary/aromatic N) is 1. The van der Waals surface area contributed by atoms with E-state index in [-0.39, 0.29) is 18.6 Å². The summed E-state index contributed by atoms with van der Waals surface area (Å²) in [6, 6.07) is 0. The van der Waals surface area contributed by atoms with Crippen molar-refractivity contribution in [2.75, 3.05) is 17.6 Å². The van der Waals surface area contributed by atoms with Gasteiger partial charge in [0.25, 0.3) is 0 Å². The monoisotopic (exact) mass is 264 g/mol. The van der Waals surface area contributed by atoms with Crippen LogP contribution in [0.4, 0.5) is 5.13 Å². The molecule has 0 aliphatic rings. The first-order valence-corrected chi connectivity index (χ1v) is 7.03. The van der Waals surface area contributed by atoms with E-state index < -0.39 is 16.0 Å². The highest BCUT2D eigenvalue weighted by Gasteiger charge is 2.12. The zero-order chi connectivity index (χ0) is 12.0. The summed E-state index contributed by atoms with van der Waals surface area (Å²) in [4.78, 5) is 14.6. The van der Waals surface area contributed by atoms with E-state index in [0.29, 0.717) is 5.13 Å². The molecule has 6 nitrogen and oxygen atoms in total. The Bertz CT molecular complexity index is 427. The maximum absolute atomic E-state index is 11.5. The molecule has 1 rings (SSSR count). The Labute approximate surface area is 97.7 Å². The molecule has 90 valence electrons. The van der Waals surface area contributed by atoms with Gasteiger partial charge in [0.15, 0.2) is 5.13 Å². The van der Waals surface area contributed by atoms with Gasteiger partial charge in [0.1, 0.15) is 0 Å². The van der Waals surface area contributed by atoms with Gasteiger partial charge in [-0.25, -0.2) is 13.4 Å². The van der Waals surface area contributed by atoms with Gasteiger partial charge in [-0.15, -0.1) is 11.3 Å². The minimum Gasteiger partial charge on any atom is -0.469 e. The zero-order valence-electron chi connectivity index (χ0n) is 8.67. The van der Waals surface area contributed by atoms with Crippen molar-refractivity contribution < 1.29 is 17.9 Å². The fourth-order valence-electron chi connectivity index (χ4n) is 0.966. The van der Waals surface area contributed by atoms with Crippen LogP contribution in [0.15, 0.2) is 11.6 Å². The van der Waals surface area contributed by atoms with E-state index >= 15 is 0 Å². The molecule has 1 N–H and O–H groups in total. The van der Waals surface area contributed by atoms with E-state index in [4.69, 9.17) is 0 Å².